The summed E-state index contributed by atoms with van der Waals surface area (Å²) in [6.07, 6.45) is 4.16. The molecule has 1 atom stereocenters. The lowest BCUT2D eigenvalue weighted by atomic mass is 10.2. The molecule has 0 radical (unpaired) electrons. The number of nitrogens with zero attached hydrogens (tertiary/aromatic N) is 4. The molecule has 2 aromatic heterocycles. The molecule has 0 saturated carbocycles. The zero-order chi connectivity index (χ0) is 17.1. The second kappa shape index (κ2) is 6.61. The van der Waals surface area contributed by atoms with E-state index in [2.05, 4.69) is 10.1 Å². The van der Waals surface area contributed by atoms with E-state index in [1.807, 2.05) is 0 Å². The molecule has 1 aromatic carbocycles. The fraction of sp³-hybridized carbons (Fsp3) is 0.188. The van der Waals surface area contributed by atoms with Crippen LogP contribution in [0.5, 0.6) is 0 Å². The van der Waals surface area contributed by atoms with Crippen molar-refractivity contribution < 1.29 is 18.0 Å². The normalized spacial score (nSPS) is 12.1. The summed E-state index contributed by atoms with van der Waals surface area (Å²) in [6, 6.07) is 5.67. The van der Waals surface area contributed by atoms with Gasteiger partial charge < -0.3 is 9.32 Å². The van der Waals surface area contributed by atoms with E-state index in [9.17, 15) is 13.6 Å². The van der Waals surface area contributed by atoms with E-state index in [4.69, 9.17) is 4.42 Å². The Kier molecular flexibility index (Phi) is 4.37. The molecular formula is C16H14F2N4O2. The highest BCUT2D eigenvalue weighted by Crippen LogP contribution is 2.25. The second-order valence-corrected chi connectivity index (χ2v) is 5.15. The fourth-order valence-corrected chi connectivity index (χ4v) is 2.30. The summed E-state index contributed by atoms with van der Waals surface area (Å²) in [5, 5.41) is 3.93. The topological polar surface area (TPSA) is 64.2 Å². The predicted molar refractivity (Wildman–Crippen MR) is 81.0 cm³/mol. The Morgan fingerprint density at radius 3 is 2.83 bits per heavy atom. The van der Waals surface area contributed by atoms with E-state index in [-0.39, 0.29) is 12.2 Å². The van der Waals surface area contributed by atoms with Gasteiger partial charge in [-0.05, 0) is 31.2 Å². The molecule has 3 rings (SSSR count). The van der Waals surface area contributed by atoms with Crippen LogP contribution in [0.25, 0.3) is 0 Å². The first-order valence-corrected chi connectivity index (χ1v) is 7.19. The number of carbonyl (C=O) groups excluding carboxylic acids is 1. The number of hydrogen-bond acceptors (Lipinski definition) is 4. The number of aromatic nitrogens is 3. The summed E-state index contributed by atoms with van der Waals surface area (Å²) < 4.78 is 34.0. The molecule has 24 heavy (non-hydrogen) atoms. The van der Waals surface area contributed by atoms with Crippen LogP contribution in [0.3, 0.4) is 0 Å². The number of amides is 1. The number of furan rings is 1. The molecule has 0 unspecified atom stereocenters. The van der Waals surface area contributed by atoms with Crippen LogP contribution in [0, 0.1) is 11.6 Å². The van der Waals surface area contributed by atoms with Gasteiger partial charge in [0.05, 0.1) is 18.5 Å². The molecule has 6 nitrogen and oxygen atoms in total. The predicted octanol–water partition coefficient (Wildman–Crippen LogP) is 2.94. The van der Waals surface area contributed by atoms with Crippen molar-refractivity contribution in [2.24, 2.45) is 0 Å². The van der Waals surface area contributed by atoms with Crippen LogP contribution in [0.2, 0.25) is 0 Å². The van der Waals surface area contributed by atoms with E-state index in [1.54, 1.807) is 19.1 Å². The van der Waals surface area contributed by atoms with Crippen LogP contribution >= 0.6 is 0 Å². The molecular weight excluding hydrogens is 318 g/mol. The Bertz CT molecular complexity index is 819. The molecule has 3 aromatic rings. The van der Waals surface area contributed by atoms with Crippen LogP contribution in [0.1, 0.15) is 18.7 Å². The third-order valence-corrected chi connectivity index (χ3v) is 3.55. The summed E-state index contributed by atoms with van der Waals surface area (Å²) in [5.74, 6) is -1.51. The van der Waals surface area contributed by atoms with E-state index in [1.165, 1.54) is 34.6 Å². The lowest BCUT2D eigenvalue weighted by Crippen LogP contribution is -2.36. The van der Waals surface area contributed by atoms with Crippen LogP contribution in [0.15, 0.2) is 53.7 Å². The van der Waals surface area contributed by atoms with Crippen molar-refractivity contribution in [3.05, 3.63) is 66.6 Å². The number of benzene rings is 1. The van der Waals surface area contributed by atoms with Gasteiger partial charge in [0.1, 0.15) is 36.1 Å². The Morgan fingerprint density at radius 2 is 2.21 bits per heavy atom. The highest BCUT2D eigenvalue weighted by molar-refractivity contribution is 5.95. The van der Waals surface area contributed by atoms with Crippen molar-refractivity contribution in [3.8, 4) is 0 Å². The molecule has 0 N–H and O–H groups in total. The minimum atomic E-state index is -0.833. The Balaban J connectivity index is 1.96. The van der Waals surface area contributed by atoms with Crippen LogP contribution in [-0.2, 0) is 11.3 Å². The lowest BCUT2D eigenvalue weighted by Gasteiger charge is -2.25. The van der Waals surface area contributed by atoms with Gasteiger partial charge in [-0.3, -0.25) is 4.79 Å². The van der Waals surface area contributed by atoms with Gasteiger partial charge in [-0.25, -0.2) is 18.4 Å². The minimum Gasteiger partial charge on any atom is -0.467 e. The van der Waals surface area contributed by atoms with Gasteiger partial charge in [0.25, 0.3) is 5.91 Å². The van der Waals surface area contributed by atoms with Crippen LogP contribution < -0.4 is 4.90 Å². The Hall–Kier alpha value is -3.03. The summed E-state index contributed by atoms with van der Waals surface area (Å²) in [7, 11) is 0. The SMILES string of the molecule is C[C@@H](C(=O)N(Cc1ccco1)c1ccc(F)cc1F)n1cncn1. The number of anilines is 1. The van der Waals surface area contributed by atoms with Gasteiger partial charge in [-0.2, -0.15) is 5.10 Å². The molecule has 0 fully saturated rings. The largest absolute Gasteiger partial charge is 0.467 e. The average molecular weight is 332 g/mol. The fourth-order valence-electron chi connectivity index (χ4n) is 2.30. The third-order valence-electron chi connectivity index (χ3n) is 3.55. The van der Waals surface area contributed by atoms with Crippen molar-refractivity contribution >= 4 is 11.6 Å². The van der Waals surface area contributed by atoms with Crippen molar-refractivity contribution in [2.45, 2.75) is 19.5 Å². The van der Waals surface area contributed by atoms with Gasteiger partial charge in [0.15, 0.2) is 0 Å². The zero-order valence-corrected chi connectivity index (χ0v) is 12.8. The first-order chi connectivity index (χ1) is 11.6. The van der Waals surface area contributed by atoms with Gasteiger partial charge in [-0.1, -0.05) is 0 Å². The van der Waals surface area contributed by atoms with E-state index in [0.29, 0.717) is 5.76 Å². The lowest BCUT2D eigenvalue weighted by molar-refractivity contribution is -0.121. The third kappa shape index (κ3) is 3.17. The quantitative estimate of drug-likeness (QED) is 0.720. The van der Waals surface area contributed by atoms with Gasteiger partial charge in [0.2, 0.25) is 0 Å². The number of rotatable bonds is 5. The van der Waals surface area contributed by atoms with E-state index >= 15 is 0 Å². The summed E-state index contributed by atoms with van der Waals surface area (Å²) in [4.78, 5) is 17.8. The van der Waals surface area contributed by atoms with Gasteiger partial charge in [-0.15, -0.1) is 0 Å². The first-order valence-electron chi connectivity index (χ1n) is 7.19. The van der Waals surface area contributed by atoms with Crippen molar-refractivity contribution in [1.29, 1.82) is 0 Å². The van der Waals surface area contributed by atoms with E-state index in [0.717, 1.165) is 12.1 Å². The second-order valence-electron chi connectivity index (χ2n) is 5.15. The Morgan fingerprint density at radius 1 is 1.38 bits per heavy atom. The van der Waals surface area contributed by atoms with Crippen molar-refractivity contribution in [2.75, 3.05) is 4.90 Å². The molecule has 0 aliphatic carbocycles. The van der Waals surface area contributed by atoms with Gasteiger partial charge in [0, 0.05) is 6.07 Å². The smallest absolute Gasteiger partial charge is 0.252 e. The maximum absolute atomic E-state index is 14.2. The average Bonchev–Trinajstić information content (AvgIpc) is 3.25. The molecule has 1 amide bonds. The van der Waals surface area contributed by atoms with Gasteiger partial charge >= 0.3 is 0 Å². The highest BCUT2D eigenvalue weighted by Gasteiger charge is 2.27. The minimum absolute atomic E-state index is 0.00736. The Labute approximate surface area is 136 Å². The molecule has 0 saturated heterocycles. The van der Waals surface area contributed by atoms with E-state index < -0.39 is 23.6 Å². The molecule has 124 valence electrons. The molecule has 0 aliphatic heterocycles. The number of halogens is 2. The monoisotopic (exact) mass is 332 g/mol. The first kappa shape index (κ1) is 15.9. The summed E-state index contributed by atoms with van der Waals surface area (Å²) in [6.45, 7) is 1.63. The molecule has 2 heterocycles. The standard InChI is InChI=1S/C16H14F2N4O2/c1-11(22-10-19-9-20-22)16(23)21(8-13-3-2-6-24-13)15-5-4-12(17)7-14(15)18/h2-7,9-11H,8H2,1H3/t11-/m0/s1. The molecule has 0 aliphatic rings. The van der Waals surface area contributed by atoms with Crippen LogP contribution in [-0.4, -0.2) is 20.7 Å². The number of hydrogen-bond donors (Lipinski definition) is 0. The maximum atomic E-state index is 14.2. The molecule has 0 spiro atoms. The van der Waals surface area contributed by atoms with Crippen molar-refractivity contribution in [1.82, 2.24) is 14.8 Å². The maximum Gasteiger partial charge on any atom is 0.252 e. The zero-order valence-electron chi connectivity index (χ0n) is 12.8. The van der Waals surface area contributed by atoms with Crippen molar-refractivity contribution in [3.63, 3.8) is 0 Å². The highest BCUT2D eigenvalue weighted by atomic mass is 19.1. The number of carbonyl (C=O) groups is 1. The molecule has 8 heteroatoms. The molecule has 0 bridgehead atoms. The summed E-state index contributed by atoms with van der Waals surface area (Å²) >= 11 is 0. The summed E-state index contributed by atoms with van der Waals surface area (Å²) in [5.41, 5.74) is -0.0373. The van der Waals surface area contributed by atoms with Crippen LogP contribution in [0.4, 0.5) is 14.5 Å².